The molecule has 116 valence electrons. The van der Waals surface area contributed by atoms with Crippen molar-refractivity contribution in [2.75, 3.05) is 19.6 Å². The average molecular weight is 284 g/mol. The van der Waals surface area contributed by atoms with Crippen molar-refractivity contribution in [1.29, 1.82) is 0 Å². The van der Waals surface area contributed by atoms with Gasteiger partial charge in [0.15, 0.2) is 0 Å². The largest absolute Gasteiger partial charge is 0.391 e. The maximum Gasteiger partial charge on any atom is 0.224 e. The molecule has 0 spiro atoms. The van der Waals surface area contributed by atoms with Crippen LogP contribution in [0.1, 0.15) is 46.5 Å². The van der Waals surface area contributed by atoms with Gasteiger partial charge in [0.2, 0.25) is 11.8 Å². The van der Waals surface area contributed by atoms with Gasteiger partial charge in [-0.2, -0.15) is 0 Å². The molecular weight excluding hydrogens is 256 g/mol. The number of nitrogens with one attached hydrogen (secondary N) is 1. The van der Waals surface area contributed by atoms with E-state index < -0.39 is 6.10 Å². The molecule has 5 heteroatoms. The predicted octanol–water partition coefficient (Wildman–Crippen LogP) is 1.16. The Bertz CT molecular complexity index is 333. The second kappa shape index (κ2) is 8.25. The Balaban J connectivity index is 2.41. The third kappa shape index (κ3) is 4.78. The van der Waals surface area contributed by atoms with E-state index in [9.17, 15) is 14.7 Å². The van der Waals surface area contributed by atoms with Crippen molar-refractivity contribution in [2.24, 2.45) is 11.8 Å². The molecule has 0 bridgehead atoms. The zero-order chi connectivity index (χ0) is 15.1. The smallest absolute Gasteiger partial charge is 0.224 e. The van der Waals surface area contributed by atoms with Gasteiger partial charge in [-0.1, -0.05) is 27.2 Å². The second-order valence-corrected chi connectivity index (χ2v) is 5.73. The van der Waals surface area contributed by atoms with Gasteiger partial charge in [0.05, 0.1) is 12.0 Å². The highest BCUT2D eigenvalue weighted by molar-refractivity contribution is 5.81. The maximum atomic E-state index is 12.1. The molecule has 0 aromatic rings. The van der Waals surface area contributed by atoms with Crippen molar-refractivity contribution in [3.05, 3.63) is 0 Å². The summed E-state index contributed by atoms with van der Waals surface area (Å²) < 4.78 is 0. The summed E-state index contributed by atoms with van der Waals surface area (Å²) in [5.74, 6) is 0.117. The van der Waals surface area contributed by atoms with Gasteiger partial charge in [-0.05, 0) is 18.8 Å². The molecule has 1 aliphatic rings. The number of rotatable bonds is 6. The van der Waals surface area contributed by atoms with Crippen LogP contribution in [0.15, 0.2) is 0 Å². The number of likely N-dealkylation sites (tertiary alicyclic amines) is 1. The van der Waals surface area contributed by atoms with E-state index in [0.29, 0.717) is 19.5 Å². The van der Waals surface area contributed by atoms with Crippen LogP contribution < -0.4 is 5.32 Å². The van der Waals surface area contributed by atoms with Crippen LogP contribution in [0.4, 0.5) is 0 Å². The molecule has 3 unspecified atom stereocenters. The summed E-state index contributed by atoms with van der Waals surface area (Å²) in [5.41, 5.74) is 0. The summed E-state index contributed by atoms with van der Waals surface area (Å²) >= 11 is 0. The van der Waals surface area contributed by atoms with E-state index in [1.54, 1.807) is 4.90 Å². The Hall–Kier alpha value is -1.10. The zero-order valence-corrected chi connectivity index (χ0v) is 12.9. The average Bonchev–Trinajstić information content (AvgIpc) is 2.50. The molecule has 0 aliphatic carbocycles. The van der Waals surface area contributed by atoms with Crippen molar-refractivity contribution in [3.63, 3.8) is 0 Å². The molecule has 5 nitrogen and oxygen atoms in total. The standard InChI is InChI=1S/C15H28N2O3/c1-4-11(3)13(18)9-16-15(20)12-7-6-8-17(10-12)14(19)5-2/h11-13,18H,4-10H2,1-3H3,(H,16,20). The van der Waals surface area contributed by atoms with Gasteiger partial charge in [0, 0.05) is 26.1 Å². The van der Waals surface area contributed by atoms with E-state index in [0.717, 1.165) is 25.8 Å². The normalized spacial score (nSPS) is 22.2. The molecule has 1 saturated heterocycles. The number of carbonyl (C=O) groups is 2. The third-order valence-electron chi connectivity index (χ3n) is 4.23. The molecular formula is C15H28N2O3. The van der Waals surface area contributed by atoms with E-state index in [1.165, 1.54) is 0 Å². The van der Waals surface area contributed by atoms with Crippen LogP contribution >= 0.6 is 0 Å². The molecule has 1 rings (SSSR count). The summed E-state index contributed by atoms with van der Waals surface area (Å²) in [6.45, 7) is 7.40. The monoisotopic (exact) mass is 284 g/mol. The Morgan fingerprint density at radius 1 is 1.40 bits per heavy atom. The lowest BCUT2D eigenvalue weighted by Gasteiger charge is -2.32. The molecule has 2 N–H and O–H groups in total. The number of hydrogen-bond donors (Lipinski definition) is 2. The van der Waals surface area contributed by atoms with E-state index in [2.05, 4.69) is 5.32 Å². The number of amides is 2. The number of piperidine rings is 1. The first kappa shape index (κ1) is 17.0. The fourth-order valence-electron chi connectivity index (χ4n) is 2.46. The molecule has 20 heavy (non-hydrogen) atoms. The summed E-state index contributed by atoms with van der Waals surface area (Å²) in [6, 6.07) is 0. The van der Waals surface area contributed by atoms with Gasteiger partial charge < -0.3 is 15.3 Å². The SMILES string of the molecule is CCC(=O)N1CCCC(C(=O)NCC(O)C(C)CC)C1. The summed E-state index contributed by atoms with van der Waals surface area (Å²) in [4.78, 5) is 25.6. The number of hydrogen-bond acceptors (Lipinski definition) is 3. The number of carbonyl (C=O) groups excluding carboxylic acids is 2. The lowest BCUT2D eigenvalue weighted by molar-refractivity contribution is -0.135. The van der Waals surface area contributed by atoms with Crippen molar-refractivity contribution in [2.45, 2.75) is 52.6 Å². The van der Waals surface area contributed by atoms with Gasteiger partial charge in [-0.15, -0.1) is 0 Å². The van der Waals surface area contributed by atoms with Gasteiger partial charge in [0.1, 0.15) is 0 Å². The van der Waals surface area contributed by atoms with Crippen LogP contribution in [0.3, 0.4) is 0 Å². The minimum Gasteiger partial charge on any atom is -0.391 e. The Morgan fingerprint density at radius 3 is 2.70 bits per heavy atom. The quantitative estimate of drug-likeness (QED) is 0.769. The lowest BCUT2D eigenvalue weighted by atomic mass is 9.96. The number of nitrogens with zero attached hydrogens (tertiary/aromatic N) is 1. The molecule has 1 fully saturated rings. The first-order valence-corrected chi connectivity index (χ1v) is 7.73. The topological polar surface area (TPSA) is 69.6 Å². The van der Waals surface area contributed by atoms with E-state index in [4.69, 9.17) is 0 Å². The summed E-state index contributed by atoms with van der Waals surface area (Å²) in [5, 5.41) is 12.7. The summed E-state index contributed by atoms with van der Waals surface area (Å²) in [6.07, 6.45) is 2.57. The van der Waals surface area contributed by atoms with E-state index in [1.807, 2.05) is 20.8 Å². The fourth-order valence-corrected chi connectivity index (χ4v) is 2.46. The molecule has 0 saturated carbocycles. The van der Waals surface area contributed by atoms with Gasteiger partial charge in [-0.25, -0.2) is 0 Å². The van der Waals surface area contributed by atoms with Crippen LogP contribution in [-0.2, 0) is 9.59 Å². The zero-order valence-electron chi connectivity index (χ0n) is 12.9. The molecule has 0 aromatic carbocycles. The Kier molecular flexibility index (Phi) is 6.99. The first-order valence-electron chi connectivity index (χ1n) is 7.73. The van der Waals surface area contributed by atoms with Crippen molar-refractivity contribution in [1.82, 2.24) is 10.2 Å². The first-order chi connectivity index (χ1) is 9.49. The highest BCUT2D eigenvalue weighted by atomic mass is 16.3. The van der Waals surface area contributed by atoms with Crippen molar-refractivity contribution < 1.29 is 14.7 Å². The predicted molar refractivity (Wildman–Crippen MR) is 78.1 cm³/mol. The lowest BCUT2D eigenvalue weighted by Crippen LogP contribution is -2.46. The Morgan fingerprint density at radius 2 is 2.10 bits per heavy atom. The van der Waals surface area contributed by atoms with Crippen LogP contribution in [0.25, 0.3) is 0 Å². The summed E-state index contributed by atoms with van der Waals surface area (Å²) in [7, 11) is 0. The molecule has 0 radical (unpaired) electrons. The molecule has 3 atom stereocenters. The highest BCUT2D eigenvalue weighted by Gasteiger charge is 2.28. The number of aliphatic hydroxyl groups is 1. The van der Waals surface area contributed by atoms with Gasteiger partial charge in [-0.3, -0.25) is 9.59 Å². The second-order valence-electron chi connectivity index (χ2n) is 5.73. The van der Waals surface area contributed by atoms with Gasteiger partial charge in [0.25, 0.3) is 0 Å². The van der Waals surface area contributed by atoms with E-state index >= 15 is 0 Å². The van der Waals surface area contributed by atoms with Crippen LogP contribution in [0.5, 0.6) is 0 Å². The highest BCUT2D eigenvalue weighted by Crippen LogP contribution is 2.17. The van der Waals surface area contributed by atoms with Crippen LogP contribution in [-0.4, -0.2) is 47.6 Å². The Labute approximate surface area is 121 Å². The molecule has 1 aliphatic heterocycles. The van der Waals surface area contributed by atoms with Crippen molar-refractivity contribution in [3.8, 4) is 0 Å². The van der Waals surface area contributed by atoms with E-state index in [-0.39, 0.29) is 23.7 Å². The molecule has 0 aromatic heterocycles. The number of aliphatic hydroxyl groups excluding tert-OH is 1. The molecule has 2 amide bonds. The third-order valence-corrected chi connectivity index (χ3v) is 4.23. The van der Waals surface area contributed by atoms with Crippen LogP contribution in [0.2, 0.25) is 0 Å². The van der Waals surface area contributed by atoms with Crippen molar-refractivity contribution >= 4 is 11.8 Å². The minimum absolute atomic E-state index is 0.0408. The molecule has 1 heterocycles. The van der Waals surface area contributed by atoms with Crippen LogP contribution in [0, 0.1) is 11.8 Å². The minimum atomic E-state index is -0.499. The fraction of sp³-hybridized carbons (Fsp3) is 0.867. The van der Waals surface area contributed by atoms with Gasteiger partial charge >= 0.3 is 0 Å². The maximum absolute atomic E-state index is 12.1.